The quantitative estimate of drug-likeness (QED) is 0.797. The van der Waals surface area contributed by atoms with Crippen molar-refractivity contribution < 1.29 is 19.1 Å². The van der Waals surface area contributed by atoms with Gasteiger partial charge in [-0.3, -0.25) is 14.5 Å². The maximum absolute atomic E-state index is 12.9. The molecule has 0 bridgehead atoms. The first-order valence-corrected chi connectivity index (χ1v) is 9.64. The number of para-hydroxylation sites is 1. The van der Waals surface area contributed by atoms with Crippen LogP contribution in [0.1, 0.15) is 50.6 Å². The van der Waals surface area contributed by atoms with Gasteiger partial charge in [0.25, 0.3) is 5.91 Å². The van der Waals surface area contributed by atoms with Crippen LogP contribution in [0.2, 0.25) is 0 Å². The molecule has 4 rings (SSSR count). The summed E-state index contributed by atoms with van der Waals surface area (Å²) in [5.74, 6) is 0.731. The summed E-state index contributed by atoms with van der Waals surface area (Å²) in [6.45, 7) is 2.43. The van der Waals surface area contributed by atoms with E-state index >= 15 is 0 Å². The highest BCUT2D eigenvalue weighted by Crippen LogP contribution is 2.36. The number of benzene rings is 1. The molecule has 0 unspecified atom stereocenters. The van der Waals surface area contributed by atoms with E-state index < -0.39 is 11.6 Å². The smallest absolute Gasteiger partial charge is 0.325 e. The van der Waals surface area contributed by atoms with Crippen molar-refractivity contribution in [3.63, 3.8) is 0 Å². The number of urea groups is 1. The lowest BCUT2D eigenvalue weighted by Gasteiger charge is -2.33. The average molecular weight is 371 g/mol. The van der Waals surface area contributed by atoms with Crippen LogP contribution in [0.5, 0.6) is 5.75 Å². The van der Waals surface area contributed by atoms with Crippen molar-refractivity contribution in [1.29, 1.82) is 0 Å². The molecule has 2 N–H and O–H groups in total. The average Bonchev–Trinajstić information content (AvgIpc) is 2.89. The molecular formula is C20H25N3O4. The first-order chi connectivity index (χ1) is 13.0. The van der Waals surface area contributed by atoms with Gasteiger partial charge >= 0.3 is 6.03 Å². The molecule has 1 saturated carbocycles. The van der Waals surface area contributed by atoms with Crippen LogP contribution in [0.3, 0.4) is 0 Å². The number of carbonyl (C=O) groups excluding carboxylic acids is 3. The van der Waals surface area contributed by atoms with Crippen molar-refractivity contribution in [3.8, 4) is 5.75 Å². The van der Waals surface area contributed by atoms with E-state index in [1.807, 2.05) is 24.3 Å². The van der Waals surface area contributed by atoms with Gasteiger partial charge in [0, 0.05) is 12.0 Å². The normalized spacial score (nSPS) is 29.9. The van der Waals surface area contributed by atoms with Gasteiger partial charge in [0.2, 0.25) is 5.91 Å². The van der Waals surface area contributed by atoms with E-state index in [1.165, 1.54) is 0 Å². The molecule has 3 aliphatic rings. The van der Waals surface area contributed by atoms with Gasteiger partial charge in [-0.25, -0.2) is 4.79 Å². The monoisotopic (exact) mass is 371 g/mol. The molecule has 2 fully saturated rings. The number of ether oxygens (including phenoxy) is 1. The molecule has 0 radical (unpaired) electrons. The summed E-state index contributed by atoms with van der Waals surface area (Å²) in [6.07, 6.45) is 3.76. The Labute approximate surface area is 158 Å². The molecule has 0 aromatic heterocycles. The number of amides is 4. The first-order valence-electron chi connectivity index (χ1n) is 9.64. The molecule has 7 heteroatoms. The summed E-state index contributed by atoms with van der Waals surface area (Å²) in [5.41, 5.74) is 0.113. The molecule has 1 spiro atoms. The van der Waals surface area contributed by atoms with Crippen molar-refractivity contribution in [2.24, 2.45) is 5.92 Å². The maximum atomic E-state index is 12.9. The van der Waals surface area contributed by atoms with Crippen LogP contribution in [-0.2, 0) is 9.59 Å². The Kier molecular flexibility index (Phi) is 4.53. The van der Waals surface area contributed by atoms with E-state index in [4.69, 9.17) is 4.74 Å². The third-order valence-corrected chi connectivity index (χ3v) is 5.97. The predicted molar refractivity (Wildman–Crippen MR) is 98.0 cm³/mol. The second-order valence-corrected chi connectivity index (χ2v) is 7.88. The first kappa shape index (κ1) is 17.8. The molecule has 2 aliphatic heterocycles. The topological polar surface area (TPSA) is 87.7 Å². The Hall–Kier alpha value is -2.57. The van der Waals surface area contributed by atoms with Crippen LogP contribution >= 0.6 is 0 Å². The molecule has 1 saturated heterocycles. The summed E-state index contributed by atoms with van der Waals surface area (Å²) >= 11 is 0. The zero-order valence-electron chi connectivity index (χ0n) is 15.5. The minimum Gasteiger partial charge on any atom is -0.493 e. The van der Waals surface area contributed by atoms with Crippen LogP contribution in [0.4, 0.5) is 4.79 Å². The second kappa shape index (κ2) is 6.87. The van der Waals surface area contributed by atoms with Gasteiger partial charge in [0.15, 0.2) is 0 Å². The van der Waals surface area contributed by atoms with E-state index in [-0.39, 0.29) is 24.4 Å². The highest BCUT2D eigenvalue weighted by atomic mass is 16.5. The number of nitrogens with zero attached hydrogens (tertiary/aromatic N) is 1. The van der Waals surface area contributed by atoms with Crippen molar-refractivity contribution in [2.75, 3.05) is 13.2 Å². The molecule has 1 aromatic rings. The zero-order valence-corrected chi connectivity index (χ0v) is 15.5. The maximum Gasteiger partial charge on any atom is 0.325 e. The number of hydrogen-bond donors (Lipinski definition) is 2. The summed E-state index contributed by atoms with van der Waals surface area (Å²) in [6, 6.07) is 6.95. The van der Waals surface area contributed by atoms with E-state index in [0.717, 1.165) is 29.1 Å². The molecule has 7 nitrogen and oxygen atoms in total. The minimum atomic E-state index is -0.810. The highest BCUT2D eigenvalue weighted by molar-refractivity contribution is 6.09. The van der Waals surface area contributed by atoms with Crippen LogP contribution in [-0.4, -0.2) is 41.4 Å². The third kappa shape index (κ3) is 3.26. The fraction of sp³-hybridized carbons (Fsp3) is 0.550. The third-order valence-electron chi connectivity index (χ3n) is 5.97. The van der Waals surface area contributed by atoms with Crippen molar-refractivity contribution in [2.45, 2.75) is 50.6 Å². The zero-order chi connectivity index (χ0) is 19.0. The van der Waals surface area contributed by atoms with E-state index in [0.29, 0.717) is 31.8 Å². The molecule has 2 heterocycles. The van der Waals surface area contributed by atoms with Crippen LogP contribution in [0.15, 0.2) is 24.3 Å². The number of rotatable bonds is 3. The fourth-order valence-corrected chi connectivity index (χ4v) is 4.29. The Morgan fingerprint density at radius 3 is 2.78 bits per heavy atom. The Bertz CT molecular complexity index is 770. The molecule has 4 amide bonds. The Morgan fingerprint density at radius 1 is 1.26 bits per heavy atom. The van der Waals surface area contributed by atoms with Gasteiger partial charge in [0.1, 0.15) is 17.8 Å². The van der Waals surface area contributed by atoms with Gasteiger partial charge < -0.3 is 15.4 Å². The van der Waals surface area contributed by atoms with Gasteiger partial charge in [-0.2, -0.15) is 0 Å². The molecule has 1 aromatic carbocycles. The van der Waals surface area contributed by atoms with Gasteiger partial charge in [-0.1, -0.05) is 25.1 Å². The molecule has 144 valence electrons. The van der Waals surface area contributed by atoms with Crippen molar-refractivity contribution >= 4 is 17.8 Å². The second-order valence-electron chi connectivity index (χ2n) is 7.88. The summed E-state index contributed by atoms with van der Waals surface area (Å²) in [5, 5.41) is 5.80. The molecule has 27 heavy (non-hydrogen) atoms. The lowest BCUT2D eigenvalue weighted by atomic mass is 9.77. The molecule has 1 aliphatic carbocycles. The Morgan fingerprint density at radius 2 is 2.00 bits per heavy atom. The van der Waals surface area contributed by atoms with E-state index in [9.17, 15) is 14.4 Å². The minimum absolute atomic E-state index is 0.173. The largest absolute Gasteiger partial charge is 0.493 e. The molecule has 1 atom stereocenters. The van der Waals surface area contributed by atoms with Crippen molar-refractivity contribution in [3.05, 3.63) is 29.8 Å². The summed E-state index contributed by atoms with van der Waals surface area (Å²) in [7, 11) is 0. The van der Waals surface area contributed by atoms with Gasteiger partial charge in [-0.15, -0.1) is 0 Å². The number of carbonyl (C=O) groups is 3. The number of imide groups is 1. The highest BCUT2D eigenvalue weighted by Gasteiger charge is 2.52. The lowest BCUT2D eigenvalue weighted by molar-refractivity contribution is -0.136. The number of nitrogens with one attached hydrogen (secondary N) is 2. The van der Waals surface area contributed by atoms with Crippen molar-refractivity contribution in [1.82, 2.24) is 15.5 Å². The Balaban J connectivity index is 1.42. The number of fused-ring (bicyclic) bond motifs is 1. The molecular weight excluding hydrogens is 346 g/mol. The predicted octanol–water partition coefficient (Wildman–Crippen LogP) is 2.13. The standard InChI is InChI=1S/C20H25N3O4/c1-13-6-9-20(10-7-13)18(25)23(19(26)22-20)12-17(24)21-15-8-11-27-16-5-3-2-4-14(15)16/h2-5,13,15H,6-12H2,1H3,(H,21,24)(H,22,26)/t13?,15-,20?/m0/s1. The summed E-state index contributed by atoms with van der Waals surface area (Å²) in [4.78, 5) is 38.9. The van der Waals surface area contributed by atoms with Crippen LogP contribution < -0.4 is 15.4 Å². The van der Waals surface area contributed by atoms with E-state index in [1.54, 1.807) is 0 Å². The fourth-order valence-electron chi connectivity index (χ4n) is 4.29. The van der Waals surface area contributed by atoms with E-state index in [2.05, 4.69) is 17.6 Å². The number of hydrogen-bond acceptors (Lipinski definition) is 4. The summed E-state index contributed by atoms with van der Waals surface area (Å²) < 4.78 is 5.61. The SMILES string of the molecule is CC1CCC2(CC1)NC(=O)N(CC(=O)N[C@H]1CCOc3ccccc31)C2=O. The van der Waals surface area contributed by atoms with Crippen LogP contribution in [0, 0.1) is 5.92 Å². The van der Waals surface area contributed by atoms with Crippen LogP contribution in [0.25, 0.3) is 0 Å². The van der Waals surface area contributed by atoms with Gasteiger partial charge in [-0.05, 0) is 37.7 Å². The lowest BCUT2D eigenvalue weighted by Crippen LogP contribution is -2.50. The van der Waals surface area contributed by atoms with Gasteiger partial charge in [0.05, 0.1) is 12.6 Å².